The van der Waals surface area contributed by atoms with E-state index in [1.807, 2.05) is 49.4 Å². The minimum absolute atomic E-state index is 0.0760. The Morgan fingerprint density at radius 1 is 0.900 bits per heavy atom. The number of rotatable bonds is 6. The van der Waals surface area contributed by atoms with E-state index in [1.165, 1.54) is 4.90 Å². The van der Waals surface area contributed by atoms with Gasteiger partial charge in [0.2, 0.25) is 5.95 Å². The molecule has 4 rings (SSSR count). The molecule has 1 atom stereocenters. The lowest BCUT2D eigenvalue weighted by atomic mass is 9.98. The molecule has 0 radical (unpaired) electrons. The number of piperazine rings is 1. The van der Waals surface area contributed by atoms with Crippen LogP contribution in [0, 0.1) is 0 Å². The second kappa shape index (κ2) is 9.50. The van der Waals surface area contributed by atoms with E-state index in [4.69, 9.17) is 0 Å². The molecule has 0 bridgehead atoms. The molecule has 30 heavy (non-hydrogen) atoms. The number of anilines is 1. The van der Waals surface area contributed by atoms with Gasteiger partial charge in [0.25, 0.3) is 5.91 Å². The van der Waals surface area contributed by atoms with E-state index in [0.29, 0.717) is 0 Å². The number of quaternary nitrogens is 1. The zero-order chi connectivity index (χ0) is 20.8. The lowest BCUT2D eigenvalue weighted by Crippen LogP contribution is -3.19. The van der Waals surface area contributed by atoms with Crippen LogP contribution in [0.3, 0.4) is 0 Å². The number of nitrogens with one attached hydrogen (secondary N) is 2. The highest BCUT2D eigenvalue weighted by Crippen LogP contribution is 2.21. The summed E-state index contributed by atoms with van der Waals surface area (Å²) in [6.45, 7) is 5.48. The average Bonchev–Trinajstić information content (AvgIpc) is 2.83. The first-order valence-electron chi connectivity index (χ1n) is 10.5. The number of aromatic nitrogens is 2. The molecule has 3 aromatic rings. The number of nitrogens with zero attached hydrogens (tertiary/aromatic N) is 3. The van der Waals surface area contributed by atoms with E-state index in [9.17, 15) is 4.79 Å². The predicted molar refractivity (Wildman–Crippen MR) is 117 cm³/mol. The van der Waals surface area contributed by atoms with E-state index >= 15 is 0 Å². The molecule has 154 valence electrons. The summed E-state index contributed by atoms with van der Waals surface area (Å²) in [6.07, 6.45) is 3.54. The third-order valence-corrected chi connectivity index (χ3v) is 5.80. The monoisotopic (exact) mass is 402 g/mol. The van der Waals surface area contributed by atoms with Crippen molar-refractivity contribution in [2.45, 2.75) is 19.0 Å². The number of amides is 1. The maximum atomic E-state index is 13.2. The largest absolute Gasteiger partial charge is 0.340 e. The van der Waals surface area contributed by atoms with Gasteiger partial charge in [0.1, 0.15) is 0 Å². The van der Waals surface area contributed by atoms with Crippen molar-refractivity contribution in [3.05, 3.63) is 90.3 Å². The van der Waals surface area contributed by atoms with Crippen LogP contribution in [0.25, 0.3) is 0 Å². The van der Waals surface area contributed by atoms with Gasteiger partial charge in [0.15, 0.2) is 6.04 Å². The Balaban J connectivity index is 1.42. The molecule has 1 aliphatic heterocycles. The van der Waals surface area contributed by atoms with Crippen LogP contribution in [0.5, 0.6) is 0 Å². The van der Waals surface area contributed by atoms with Crippen LogP contribution >= 0.6 is 0 Å². The molecule has 6 nitrogen and oxygen atoms in total. The summed E-state index contributed by atoms with van der Waals surface area (Å²) >= 11 is 0. The quantitative estimate of drug-likeness (QED) is 0.656. The van der Waals surface area contributed by atoms with Gasteiger partial charge in [-0.3, -0.25) is 4.79 Å². The smallest absolute Gasteiger partial charge is 0.278 e. The van der Waals surface area contributed by atoms with Gasteiger partial charge < -0.3 is 15.1 Å². The van der Waals surface area contributed by atoms with Gasteiger partial charge >= 0.3 is 0 Å². The van der Waals surface area contributed by atoms with E-state index in [-0.39, 0.29) is 18.0 Å². The molecule has 0 spiro atoms. The minimum atomic E-state index is -0.152. The normalized spacial score (nSPS) is 15.7. The molecular formula is C24H28N5O+. The summed E-state index contributed by atoms with van der Waals surface area (Å²) in [7, 11) is 0. The van der Waals surface area contributed by atoms with Crippen LogP contribution in [0.1, 0.15) is 24.1 Å². The fourth-order valence-corrected chi connectivity index (χ4v) is 3.98. The molecule has 2 aromatic carbocycles. The number of carbonyl (C=O) groups excluding carboxylic acids is 1. The number of hydrogen-bond acceptors (Lipinski definition) is 4. The Labute approximate surface area is 177 Å². The maximum Gasteiger partial charge on any atom is 0.278 e. The van der Waals surface area contributed by atoms with Crippen LogP contribution in [0.4, 0.5) is 5.95 Å². The summed E-state index contributed by atoms with van der Waals surface area (Å²) in [4.78, 5) is 25.3. The SMILES string of the molecule is C[C@H](C(=O)NC(c1ccccc1)c1ccccc1)[NH+]1CCN(c2ncccn2)CC1. The van der Waals surface area contributed by atoms with Crippen molar-refractivity contribution in [3.8, 4) is 0 Å². The summed E-state index contributed by atoms with van der Waals surface area (Å²) in [5.74, 6) is 0.842. The van der Waals surface area contributed by atoms with E-state index in [0.717, 1.165) is 43.3 Å². The molecule has 1 aromatic heterocycles. The molecule has 1 aliphatic rings. The lowest BCUT2D eigenvalue weighted by molar-refractivity contribution is -0.914. The van der Waals surface area contributed by atoms with Gasteiger partial charge in [0.05, 0.1) is 32.2 Å². The van der Waals surface area contributed by atoms with E-state index in [2.05, 4.69) is 44.5 Å². The molecule has 2 N–H and O–H groups in total. The van der Waals surface area contributed by atoms with Gasteiger partial charge in [-0.1, -0.05) is 60.7 Å². The van der Waals surface area contributed by atoms with E-state index < -0.39 is 0 Å². The summed E-state index contributed by atoms with van der Waals surface area (Å²) < 4.78 is 0. The second-order valence-corrected chi connectivity index (χ2v) is 7.68. The third kappa shape index (κ3) is 4.66. The fourth-order valence-electron chi connectivity index (χ4n) is 3.98. The summed E-state index contributed by atoms with van der Waals surface area (Å²) in [6, 6.07) is 21.8. The van der Waals surface area contributed by atoms with Gasteiger partial charge in [-0.2, -0.15) is 0 Å². The molecule has 6 heteroatoms. The zero-order valence-corrected chi connectivity index (χ0v) is 17.2. The van der Waals surface area contributed by atoms with Gasteiger partial charge in [-0.25, -0.2) is 9.97 Å². The van der Waals surface area contributed by atoms with Crippen LogP contribution in [-0.4, -0.2) is 48.1 Å². The molecule has 0 unspecified atom stereocenters. The van der Waals surface area contributed by atoms with Crippen molar-refractivity contribution in [2.24, 2.45) is 0 Å². The molecular weight excluding hydrogens is 374 g/mol. The fraction of sp³-hybridized carbons (Fsp3) is 0.292. The summed E-state index contributed by atoms with van der Waals surface area (Å²) in [5, 5.41) is 3.29. The number of hydrogen-bond donors (Lipinski definition) is 2. The van der Waals surface area contributed by atoms with Crippen molar-refractivity contribution in [1.29, 1.82) is 0 Å². The predicted octanol–water partition coefficient (Wildman–Crippen LogP) is 1.48. The maximum absolute atomic E-state index is 13.2. The zero-order valence-electron chi connectivity index (χ0n) is 17.2. The van der Waals surface area contributed by atoms with E-state index in [1.54, 1.807) is 12.4 Å². The van der Waals surface area contributed by atoms with Crippen molar-refractivity contribution in [2.75, 3.05) is 31.1 Å². The highest BCUT2D eigenvalue weighted by molar-refractivity contribution is 5.80. The first-order chi connectivity index (χ1) is 14.7. The Morgan fingerprint density at radius 3 is 1.97 bits per heavy atom. The highest BCUT2D eigenvalue weighted by atomic mass is 16.2. The van der Waals surface area contributed by atoms with Crippen LogP contribution in [-0.2, 0) is 4.79 Å². The van der Waals surface area contributed by atoms with Crippen molar-refractivity contribution in [1.82, 2.24) is 15.3 Å². The molecule has 0 saturated carbocycles. The van der Waals surface area contributed by atoms with Crippen LogP contribution < -0.4 is 15.1 Å². The minimum Gasteiger partial charge on any atom is -0.340 e. The Hall–Kier alpha value is -3.25. The van der Waals surface area contributed by atoms with Crippen LogP contribution in [0.15, 0.2) is 79.1 Å². The molecule has 1 amide bonds. The molecule has 0 aliphatic carbocycles. The Kier molecular flexibility index (Phi) is 6.35. The average molecular weight is 403 g/mol. The Bertz CT molecular complexity index is 888. The first-order valence-corrected chi connectivity index (χ1v) is 10.5. The third-order valence-electron chi connectivity index (χ3n) is 5.80. The molecule has 1 fully saturated rings. The van der Waals surface area contributed by atoms with Gasteiger partial charge in [-0.15, -0.1) is 0 Å². The highest BCUT2D eigenvalue weighted by Gasteiger charge is 2.31. The standard InChI is InChI=1S/C24H27N5O/c1-19(28-15-17-29(18-16-28)24-25-13-8-14-26-24)23(30)27-22(20-9-4-2-5-10-20)21-11-6-3-7-12-21/h2-14,19,22H,15-18H2,1H3,(H,27,30)/p+1/t19-/m1/s1. The van der Waals surface area contributed by atoms with Gasteiger partial charge in [0, 0.05) is 12.4 Å². The number of carbonyl (C=O) groups is 1. The van der Waals surface area contributed by atoms with Crippen molar-refractivity contribution in [3.63, 3.8) is 0 Å². The topological polar surface area (TPSA) is 62.6 Å². The lowest BCUT2D eigenvalue weighted by Gasteiger charge is -2.35. The molecule has 2 heterocycles. The number of benzene rings is 2. The van der Waals surface area contributed by atoms with Gasteiger partial charge in [-0.05, 0) is 24.1 Å². The van der Waals surface area contributed by atoms with Crippen LogP contribution in [0.2, 0.25) is 0 Å². The summed E-state index contributed by atoms with van der Waals surface area (Å²) in [5.41, 5.74) is 2.18. The van der Waals surface area contributed by atoms with Crippen molar-refractivity contribution >= 4 is 11.9 Å². The van der Waals surface area contributed by atoms with Crippen molar-refractivity contribution < 1.29 is 9.69 Å². The Morgan fingerprint density at radius 2 is 1.43 bits per heavy atom. The molecule has 1 saturated heterocycles. The second-order valence-electron chi connectivity index (χ2n) is 7.68. The first kappa shape index (κ1) is 20.0.